The molecule has 2 aromatic carbocycles. The number of carboxylic acid groups (broad SMARTS) is 1. The van der Waals surface area contributed by atoms with Gasteiger partial charge in [0.1, 0.15) is 17.7 Å². The Labute approximate surface area is 281 Å². The summed E-state index contributed by atoms with van der Waals surface area (Å²) in [5.74, 6) is -5.70. The lowest BCUT2D eigenvalue weighted by Gasteiger charge is -2.16. The number of halogens is 2. The van der Waals surface area contributed by atoms with Crippen LogP contribution in [0.15, 0.2) is 87.7 Å². The van der Waals surface area contributed by atoms with E-state index in [1.807, 2.05) is 4.72 Å². The van der Waals surface area contributed by atoms with Gasteiger partial charge in [-0.2, -0.15) is 0 Å². The van der Waals surface area contributed by atoms with Crippen LogP contribution in [0.3, 0.4) is 0 Å². The van der Waals surface area contributed by atoms with Crippen LogP contribution in [0.25, 0.3) is 16.6 Å². The maximum atomic E-state index is 15.0. The fourth-order valence-electron chi connectivity index (χ4n) is 5.22. The van der Waals surface area contributed by atoms with Crippen molar-refractivity contribution in [1.29, 1.82) is 0 Å². The second-order valence-corrected chi connectivity index (χ2v) is 13.2. The maximum Gasteiger partial charge on any atom is 0.335 e. The molecule has 3 heterocycles. The quantitative estimate of drug-likeness (QED) is 0.172. The summed E-state index contributed by atoms with van der Waals surface area (Å²) in [4.78, 5) is 70.8. The highest BCUT2D eigenvalue weighted by Crippen LogP contribution is 2.33. The van der Waals surface area contributed by atoms with Crippen molar-refractivity contribution in [3.63, 3.8) is 0 Å². The summed E-state index contributed by atoms with van der Waals surface area (Å²) >= 11 is 0. The van der Waals surface area contributed by atoms with E-state index < -0.39 is 68.5 Å². The van der Waals surface area contributed by atoms with Gasteiger partial charge < -0.3 is 10.4 Å². The molecule has 256 valence electrons. The molecule has 3 aromatic heterocycles. The van der Waals surface area contributed by atoms with Crippen LogP contribution in [-0.4, -0.2) is 56.3 Å². The monoisotopic (exact) mass is 704 g/mol. The summed E-state index contributed by atoms with van der Waals surface area (Å²) in [5, 5.41) is 12.1. The first-order chi connectivity index (χ1) is 23.7. The average molecular weight is 705 g/mol. The highest BCUT2D eigenvalue weighted by Gasteiger charge is 2.31. The van der Waals surface area contributed by atoms with Crippen LogP contribution >= 0.6 is 0 Å². The molecule has 1 atom stereocenters. The van der Waals surface area contributed by atoms with E-state index in [4.69, 9.17) is 0 Å². The summed E-state index contributed by atoms with van der Waals surface area (Å²) in [6.45, 7) is 0. The molecule has 0 spiro atoms. The molecule has 0 unspecified atom stereocenters. The Hall–Kier alpha value is -6.10. The number of fused-ring (bicyclic) bond motifs is 1. The minimum absolute atomic E-state index is 0.0799. The maximum absolute atomic E-state index is 15.0. The van der Waals surface area contributed by atoms with Gasteiger partial charge in [-0.15, -0.1) is 0 Å². The largest absolute Gasteiger partial charge is 0.480 e. The van der Waals surface area contributed by atoms with Crippen molar-refractivity contribution in [3.05, 3.63) is 122 Å². The number of aromatic nitrogens is 4. The Morgan fingerprint density at radius 3 is 2.36 bits per heavy atom. The fraction of sp³-hybridized carbons (Fsp3) is 0.182. The molecule has 1 amide bonds. The number of nitrogens with one attached hydrogen (secondary N) is 2. The molecule has 1 saturated carbocycles. The molecule has 3 N–H and O–H groups in total. The zero-order chi connectivity index (χ0) is 35.9. The number of aliphatic carboxylic acids is 1. The molecule has 0 saturated heterocycles. The molecule has 14 nitrogen and oxygen atoms in total. The lowest BCUT2D eigenvalue weighted by atomic mass is 10.1. The van der Waals surface area contributed by atoms with Crippen molar-refractivity contribution >= 4 is 44.3 Å². The first-order valence-corrected chi connectivity index (χ1v) is 16.4. The number of hydrogen-bond donors (Lipinski definition) is 3. The Morgan fingerprint density at radius 2 is 1.72 bits per heavy atom. The number of rotatable bonds is 11. The summed E-state index contributed by atoms with van der Waals surface area (Å²) in [6, 6.07) is 8.30. The number of benzene rings is 2. The van der Waals surface area contributed by atoms with Gasteiger partial charge in [0.25, 0.3) is 21.5 Å². The molecule has 5 aromatic rings. The van der Waals surface area contributed by atoms with Crippen LogP contribution in [-0.2, 0) is 28.3 Å². The van der Waals surface area contributed by atoms with Crippen LogP contribution < -0.4 is 21.3 Å². The molecule has 0 radical (unpaired) electrons. The second-order valence-electron chi connectivity index (χ2n) is 11.5. The Kier molecular flexibility index (Phi) is 8.83. The molecule has 17 heteroatoms. The first kappa shape index (κ1) is 33.8. The Morgan fingerprint density at radius 1 is 1.00 bits per heavy atom. The Bertz CT molecular complexity index is 2430. The van der Waals surface area contributed by atoms with Gasteiger partial charge in [0, 0.05) is 42.9 Å². The van der Waals surface area contributed by atoms with Gasteiger partial charge in [-0.1, -0.05) is 12.1 Å². The molecular formula is C33H26F2N6O8S. The van der Waals surface area contributed by atoms with Gasteiger partial charge in [0.05, 0.1) is 45.1 Å². The van der Waals surface area contributed by atoms with E-state index in [9.17, 15) is 41.9 Å². The number of carboxylic acids is 1. The third-order valence-electron chi connectivity index (χ3n) is 8.10. The number of carbonyl (C=O) groups excluding carboxylic acids is 2. The third kappa shape index (κ3) is 6.62. The summed E-state index contributed by atoms with van der Waals surface area (Å²) in [7, 11) is -2.97. The lowest BCUT2D eigenvalue weighted by Crippen LogP contribution is -2.42. The van der Waals surface area contributed by atoms with Crippen molar-refractivity contribution in [2.45, 2.75) is 30.2 Å². The van der Waals surface area contributed by atoms with Crippen LogP contribution in [0.2, 0.25) is 0 Å². The number of ketones is 1. The predicted molar refractivity (Wildman–Crippen MR) is 174 cm³/mol. The van der Waals surface area contributed by atoms with Crippen molar-refractivity contribution in [1.82, 2.24) is 24.4 Å². The number of aryl methyl sites for hydroxylation is 1. The number of hydrogen-bond acceptors (Lipinski definition) is 9. The second kappa shape index (κ2) is 13.1. The topological polar surface area (TPSA) is 199 Å². The highest BCUT2D eigenvalue weighted by molar-refractivity contribution is 7.92. The van der Waals surface area contributed by atoms with Crippen LogP contribution in [0, 0.1) is 17.6 Å². The average Bonchev–Trinajstić information content (AvgIpc) is 3.95. The number of Topliss-reactive ketones (excluding diaryl/α,β-unsaturated/α-hetero) is 1. The molecule has 1 aliphatic rings. The molecule has 1 aliphatic carbocycles. The van der Waals surface area contributed by atoms with Crippen LogP contribution in [0.4, 0.5) is 14.5 Å². The summed E-state index contributed by atoms with van der Waals surface area (Å²) < 4.78 is 59.7. The zero-order valence-corrected chi connectivity index (χ0v) is 26.8. The number of carbonyl (C=O) groups is 3. The lowest BCUT2D eigenvalue weighted by molar-refractivity contribution is -0.139. The third-order valence-corrected chi connectivity index (χ3v) is 9.48. The van der Waals surface area contributed by atoms with Crippen molar-refractivity contribution in [3.8, 4) is 5.69 Å². The van der Waals surface area contributed by atoms with Gasteiger partial charge in [-0.05, 0) is 49.2 Å². The fourth-order valence-corrected chi connectivity index (χ4v) is 6.28. The van der Waals surface area contributed by atoms with Crippen molar-refractivity contribution in [2.75, 3.05) is 4.72 Å². The van der Waals surface area contributed by atoms with Gasteiger partial charge in [-0.3, -0.25) is 33.6 Å². The van der Waals surface area contributed by atoms with Crippen molar-refractivity contribution < 1.29 is 36.7 Å². The number of pyridine rings is 2. The zero-order valence-electron chi connectivity index (χ0n) is 26.0. The molecule has 50 heavy (non-hydrogen) atoms. The number of anilines is 1. The SMILES string of the molecule is Cn1c(=O)n(-c2ccc(C[C@H](NC(=O)c3cc(F)c(NS(=O)(=O)c4ccc(C(=O)C5CC5)cc4)cc3F)C(=O)O)nc2)c(=O)c2ccncc21. The van der Waals surface area contributed by atoms with E-state index in [-0.39, 0.29) is 33.4 Å². The smallest absolute Gasteiger partial charge is 0.335 e. The highest BCUT2D eigenvalue weighted by atomic mass is 32.2. The number of amides is 1. The molecule has 0 aliphatic heterocycles. The van der Waals surface area contributed by atoms with Gasteiger partial charge in [-0.25, -0.2) is 31.4 Å². The van der Waals surface area contributed by atoms with E-state index in [2.05, 4.69) is 15.3 Å². The summed E-state index contributed by atoms with van der Waals surface area (Å²) in [5.41, 5.74) is -2.17. The van der Waals surface area contributed by atoms with E-state index >= 15 is 4.39 Å². The minimum atomic E-state index is -4.43. The van der Waals surface area contributed by atoms with E-state index in [0.717, 1.165) is 29.5 Å². The normalized spacial score (nSPS) is 13.5. The summed E-state index contributed by atoms with van der Waals surface area (Å²) in [6.07, 6.45) is 5.05. The van der Waals surface area contributed by atoms with Crippen LogP contribution in [0.5, 0.6) is 0 Å². The van der Waals surface area contributed by atoms with E-state index in [0.29, 0.717) is 23.2 Å². The molecule has 0 bridgehead atoms. The molecule has 1 fully saturated rings. The minimum Gasteiger partial charge on any atom is -0.480 e. The number of sulfonamides is 1. The van der Waals surface area contributed by atoms with E-state index in [1.54, 1.807) is 0 Å². The molecule has 6 rings (SSSR count). The number of nitrogens with zero attached hydrogens (tertiary/aromatic N) is 4. The first-order valence-electron chi connectivity index (χ1n) is 15.0. The van der Waals surface area contributed by atoms with E-state index in [1.165, 1.54) is 60.5 Å². The van der Waals surface area contributed by atoms with Gasteiger partial charge in [0.2, 0.25) is 0 Å². The van der Waals surface area contributed by atoms with Crippen LogP contribution in [0.1, 0.15) is 39.3 Å². The van der Waals surface area contributed by atoms with Gasteiger partial charge in [0.15, 0.2) is 5.78 Å². The van der Waals surface area contributed by atoms with Crippen molar-refractivity contribution in [2.24, 2.45) is 13.0 Å². The molecular weight excluding hydrogens is 678 g/mol. The van der Waals surface area contributed by atoms with Gasteiger partial charge >= 0.3 is 11.7 Å². The Balaban J connectivity index is 1.16. The predicted octanol–water partition coefficient (Wildman–Crippen LogP) is 2.58. The standard InChI is InChI=1S/C33H26F2N6O8S/c1-40-28-16-36-11-10-22(28)31(44)41(33(40)47)20-7-6-19(37-15-20)12-27(32(45)46)38-30(43)23-13-25(35)26(14-24(23)34)39-50(48,49)21-8-4-18(5-9-21)29(42)17-2-3-17/h4-11,13-17,27,39H,2-3,12H2,1H3,(H,38,43)(H,45,46)/t27-/m0/s1.